The number of hydrogen-bond donors (Lipinski definition) is 0. The van der Waals surface area contributed by atoms with Gasteiger partial charge in [0.2, 0.25) is 0 Å². The fraction of sp³-hybridized carbons (Fsp3) is 0.148. The minimum absolute atomic E-state index is 0.344. The van der Waals surface area contributed by atoms with E-state index in [1.54, 1.807) is 22.8 Å². The summed E-state index contributed by atoms with van der Waals surface area (Å²) in [7, 11) is 0. The molecule has 0 saturated carbocycles. The zero-order valence-electron chi connectivity index (χ0n) is 19.2. The van der Waals surface area contributed by atoms with Crippen LogP contribution in [0.5, 0.6) is 5.75 Å². The molecule has 0 fully saturated rings. The van der Waals surface area contributed by atoms with Crippen molar-refractivity contribution in [2.24, 2.45) is 0 Å². The van der Waals surface area contributed by atoms with Gasteiger partial charge in [-0.2, -0.15) is 0 Å². The number of aromatic nitrogens is 3. The van der Waals surface area contributed by atoms with E-state index >= 15 is 0 Å². The van der Waals surface area contributed by atoms with Gasteiger partial charge in [-0.3, -0.25) is 4.57 Å². The predicted octanol–water partition coefficient (Wildman–Crippen LogP) is 6.18. The van der Waals surface area contributed by atoms with Gasteiger partial charge in [0.15, 0.2) is 11.0 Å². The highest BCUT2D eigenvalue weighted by Gasteiger charge is 2.19. The Morgan fingerprint density at radius 1 is 1.03 bits per heavy atom. The van der Waals surface area contributed by atoms with Gasteiger partial charge in [0, 0.05) is 22.8 Å². The lowest BCUT2D eigenvalue weighted by Crippen LogP contribution is -2.03. The van der Waals surface area contributed by atoms with Crippen molar-refractivity contribution in [2.75, 3.05) is 6.61 Å². The summed E-state index contributed by atoms with van der Waals surface area (Å²) in [5, 5.41) is 10.1. The minimum Gasteiger partial charge on any atom is -0.494 e. The van der Waals surface area contributed by atoms with Gasteiger partial charge in [0.05, 0.1) is 12.3 Å². The first-order valence-electron chi connectivity index (χ1n) is 11.1. The maximum Gasteiger partial charge on any atom is 0.336 e. The lowest BCUT2D eigenvalue weighted by molar-refractivity contribution is 0.340. The Labute approximate surface area is 205 Å². The topological polar surface area (TPSA) is 70.2 Å². The van der Waals surface area contributed by atoms with E-state index in [4.69, 9.17) is 9.15 Å². The molecule has 0 aliphatic carbocycles. The van der Waals surface area contributed by atoms with E-state index in [9.17, 15) is 9.18 Å². The van der Waals surface area contributed by atoms with Crippen molar-refractivity contribution >= 4 is 22.7 Å². The molecule has 0 spiro atoms. The standard InChI is InChI=1S/C27H22FN3O3S/c1-3-33-20-11-9-18(10-12-20)26-29-30-27(31(26)23-7-5-4-6-22(23)28)35-16-19-15-25(32)34-24-14-17(2)8-13-21(19)24/h4-15H,3,16H2,1-2H3. The average molecular weight is 488 g/mol. The molecule has 0 radical (unpaired) electrons. The summed E-state index contributed by atoms with van der Waals surface area (Å²) in [5.74, 6) is 1.30. The number of aryl methyl sites for hydroxylation is 1. The van der Waals surface area contributed by atoms with Crippen LogP contribution in [0.2, 0.25) is 0 Å². The first-order valence-corrected chi connectivity index (χ1v) is 12.1. The third-order valence-electron chi connectivity index (χ3n) is 5.49. The van der Waals surface area contributed by atoms with E-state index in [-0.39, 0.29) is 5.82 Å². The lowest BCUT2D eigenvalue weighted by atomic mass is 10.1. The van der Waals surface area contributed by atoms with Crippen LogP contribution in [0.3, 0.4) is 0 Å². The molecule has 0 amide bonds. The van der Waals surface area contributed by atoms with E-state index in [1.165, 1.54) is 23.9 Å². The molecule has 6 nitrogen and oxygen atoms in total. The van der Waals surface area contributed by atoms with Crippen LogP contribution in [-0.4, -0.2) is 21.4 Å². The van der Waals surface area contributed by atoms with Gasteiger partial charge in [0.25, 0.3) is 0 Å². The van der Waals surface area contributed by atoms with Gasteiger partial charge in [-0.25, -0.2) is 9.18 Å². The van der Waals surface area contributed by atoms with E-state index in [0.717, 1.165) is 27.8 Å². The molecule has 0 N–H and O–H groups in total. The number of fused-ring (bicyclic) bond motifs is 1. The van der Waals surface area contributed by atoms with Crippen LogP contribution < -0.4 is 10.4 Å². The second-order valence-corrected chi connectivity index (χ2v) is 8.87. The molecule has 0 saturated heterocycles. The number of benzene rings is 3. The maximum absolute atomic E-state index is 14.9. The highest BCUT2D eigenvalue weighted by Crippen LogP contribution is 2.32. The Bertz CT molecular complexity index is 1560. The summed E-state index contributed by atoms with van der Waals surface area (Å²) in [6, 6.07) is 21.2. The zero-order chi connectivity index (χ0) is 24.4. The van der Waals surface area contributed by atoms with E-state index in [2.05, 4.69) is 10.2 Å². The summed E-state index contributed by atoms with van der Waals surface area (Å²) in [6.07, 6.45) is 0. The van der Waals surface area contributed by atoms with Gasteiger partial charge in [-0.05, 0) is 67.4 Å². The summed E-state index contributed by atoms with van der Waals surface area (Å²) in [6.45, 7) is 4.44. The molecule has 3 aromatic carbocycles. The molecule has 0 aliphatic heterocycles. The lowest BCUT2D eigenvalue weighted by Gasteiger charge is -2.12. The number of halogens is 1. The van der Waals surface area contributed by atoms with Crippen LogP contribution in [0.25, 0.3) is 28.0 Å². The molecule has 8 heteroatoms. The number of rotatable bonds is 7. The quantitative estimate of drug-likeness (QED) is 0.202. The van der Waals surface area contributed by atoms with Gasteiger partial charge in [-0.1, -0.05) is 36.0 Å². The molecule has 5 rings (SSSR count). The molecule has 2 aromatic heterocycles. The van der Waals surface area contributed by atoms with Crippen LogP contribution >= 0.6 is 11.8 Å². The average Bonchev–Trinajstić information content (AvgIpc) is 3.27. The molecule has 0 atom stereocenters. The zero-order valence-corrected chi connectivity index (χ0v) is 20.0. The van der Waals surface area contributed by atoms with Gasteiger partial charge in [-0.15, -0.1) is 10.2 Å². The Balaban J connectivity index is 1.56. The van der Waals surface area contributed by atoms with Crippen molar-refractivity contribution in [1.82, 2.24) is 14.8 Å². The second-order valence-electron chi connectivity index (χ2n) is 7.93. The molecule has 2 heterocycles. The molecule has 176 valence electrons. The third kappa shape index (κ3) is 4.70. The maximum atomic E-state index is 14.9. The second kappa shape index (κ2) is 9.76. The van der Waals surface area contributed by atoms with Gasteiger partial charge in [0.1, 0.15) is 17.1 Å². The monoisotopic (exact) mass is 487 g/mol. The van der Waals surface area contributed by atoms with E-state index in [0.29, 0.717) is 34.6 Å². The summed E-state index contributed by atoms with van der Waals surface area (Å²) in [4.78, 5) is 12.2. The van der Waals surface area contributed by atoms with Crippen molar-refractivity contribution in [3.05, 3.63) is 100 Å². The van der Waals surface area contributed by atoms with Gasteiger partial charge < -0.3 is 9.15 Å². The number of thioether (sulfide) groups is 1. The Morgan fingerprint density at radius 2 is 1.83 bits per heavy atom. The van der Waals surface area contributed by atoms with E-state index in [1.807, 2.05) is 56.3 Å². The fourth-order valence-corrected chi connectivity index (χ4v) is 4.80. The van der Waals surface area contributed by atoms with Crippen LogP contribution in [-0.2, 0) is 5.75 Å². The first kappa shape index (κ1) is 22.9. The van der Waals surface area contributed by atoms with Crippen LogP contribution in [0.15, 0.2) is 87.2 Å². The third-order valence-corrected chi connectivity index (χ3v) is 6.47. The van der Waals surface area contributed by atoms with Crippen molar-refractivity contribution in [3.8, 4) is 22.8 Å². The fourth-order valence-electron chi connectivity index (χ4n) is 3.87. The summed E-state index contributed by atoms with van der Waals surface area (Å²) in [5.41, 5.74) is 3.06. The summed E-state index contributed by atoms with van der Waals surface area (Å²) < 4.78 is 27.5. The minimum atomic E-state index is -0.413. The number of hydrogen-bond acceptors (Lipinski definition) is 6. The number of nitrogens with zero attached hydrogens (tertiary/aromatic N) is 3. The molecule has 0 aliphatic rings. The smallest absolute Gasteiger partial charge is 0.336 e. The highest BCUT2D eigenvalue weighted by molar-refractivity contribution is 7.98. The van der Waals surface area contributed by atoms with E-state index < -0.39 is 5.63 Å². The largest absolute Gasteiger partial charge is 0.494 e. The Morgan fingerprint density at radius 3 is 2.60 bits per heavy atom. The first-order chi connectivity index (χ1) is 17.0. The highest BCUT2D eigenvalue weighted by atomic mass is 32.2. The Hall–Kier alpha value is -3.91. The molecular formula is C27H22FN3O3S. The molecule has 0 bridgehead atoms. The number of ether oxygens (including phenoxy) is 1. The van der Waals surface area contributed by atoms with Crippen LogP contribution in [0.1, 0.15) is 18.1 Å². The molecular weight excluding hydrogens is 465 g/mol. The summed E-state index contributed by atoms with van der Waals surface area (Å²) >= 11 is 1.38. The normalized spacial score (nSPS) is 11.2. The van der Waals surface area contributed by atoms with Gasteiger partial charge >= 0.3 is 5.63 Å². The SMILES string of the molecule is CCOc1ccc(-c2nnc(SCc3cc(=O)oc4cc(C)ccc34)n2-c2ccccc2F)cc1. The molecule has 35 heavy (non-hydrogen) atoms. The predicted molar refractivity (Wildman–Crippen MR) is 135 cm³/mol. The van der Waals surface area contributed by atoms with Crippen molar-refractivity contribution < 1.29 is 13.5 Å². The van der Waals surface area contributed by atoms with Crippen molar-refractivity contribution in [1.29, 1.82) is 0 Å². The number of para-hydroxylation sites is 1. The molecule has 5 aromatic rings. The Kier molecular flexibility index (Phi) is 6.37. The van der Waals surface area contributed by atoms with Crippen LogP contribution in [0, 0.1) is 12.7 Å². The molecule has 0 unspecified atom stereocenters. The van der Waals surface area contributed by atoms with Crippen molar-refractivity contribution in [2.45, 2.75) is 24.8 Å². The van der Waals surface area contributed by atoms with Crippen molar-refractivity contribution in [3.63, 3.8) is 0 Å². The van der Waals surface area contributed by atoms with Crippen LogP contribution in [0.4, 0.5) is 4.39 Å².